The normalized spacial score (nSPS) is 18.2. The highest BCUT2D eigenvalue weighted by Gasteiger charge is 2.48. The standard InChI is InChI=1S/C22H28N4O2/c1-4-19(27)26-10-7-18-20(24-14-23-18)22(26)8-11-25(12-9-22)21(28)17-6-5-15(2)16(3)13-17/h5-6,13-14H,4,7-12H2,1-3H3,(H,23,24). The van der Waals surface area contributed by atoms with Gasteiger partial charge in [-0.15, -0.1) is 0 Å². The molecule has 1 N–H and O–H groups in total. The lowest BCUT2D eigenvalue weighted by Crippen LogP contribution is -2.58. The van der Waals surface area contributed by atoms with E-state index in [1.807, 2.05) is 41.8 Å². The SMILES string of the molecule is CCC(=O)N1CCc2[nH]cnc2C12CCN(C(=O)c1ccc(C)c(C)c1)CC2. The van der Waals surface area contributed by atoms with Crippen molar-refractivity contribution in [2.45, 2.75) is 52.0 Å². The number of imidazole rings is 1. The zero-order chi connectivity index (χ0) is 19.9. The summed E-state index contributed by atoms with van der Waals surface area (Å²) in [4.78, 5) is 37.5. The summed E-state index contributed by atoms with van der Waals surface area (Å²) >= 11 is 0. The van der Waals surface area contributed by atoms with Crippen LogP contribution in [0, 0.1) is 13.8 Å². The molecule has 28 heavy (non-hydrogen) atoms. The molecule has 6 nitrogen and oxygen atoms in total. The molecule has 4 rings (SSSR count). The van der Waals surface area contributed by atoms with E-state index in [2.05, 4.69) is 16.9 Å². The van der Waals surface area contributed by atoms with Gasteiger partial charge in [-0.3, -0.25) is 9.59 Å². The summed E-state index contributed by atoms with van der Waals surface area (Å²) < 4.78 is 0. The first kappa shape index (κ1) is 18.7. The van der Waals surface area contributed by atoms with Crippen LogP contribution in [-0.4, -0.2) is 51.2 Å². The predicted molar refractivity (Wildman–Crippen MR) is 107 cm³/mol. The van der Waals surface area contributed by atoms with Crippen molar-refractivity contribution < 1.29 is 9.59 Å². The van der Waals surface area contributed by atoms with Gasteiger partial charge in [0.25, 0.3) is 5.91 Å². The van der Waals surface area contributed by atoms with Crippen molar-refractivity contribution in [1.82, 2.24) is 19.8 Å². The average Bonchev–Trinajstić information content (AvgIpc) is 3.20. The second-order valence-corrected chi connectivity index (χ2v) is 8.00. The molecular weight excluding hydrogens is 352 g/mol. The van der Waals surface area contributed by atoms with Crippen molar-refractivity contribution in [2.75, 3.05) is 19.6 Å². The number of fused-ring (bicyclic) bond motifs is 2. The van der Waals surface area contributed by atoms with Crippen LogP contribution >= 0.6 is 0 Å². The van der Waals surface area contributed by atoms with Crippen LogP contribution in [0.1, 0.15) is 59.1 Å². The molecule has 148 valence electrons. The number of amides is 2. The van der Waals surface area contributed by atoms with Crippen molar-refractivity contribution in [3.63, 3.8) is 0 Å². The van der Waals surface area contributed by atoms with E-state index in [4.69, 9.17) is 0 Å². The van der Waals surface area contributed by atoms with Crippen LogP contribution in [0.25, 0.3) is 0 Å². The van der Waals surface area contributed by atoms with Crippen LogP contribution in [0.2, 0.25) is 0 Å². The molecule has 1 saturated heterocycles. The van der Waals surface area contributed by atoms with Gasteiger partial charge < -0.3 is 14.8 Å². The maximum atomic E-state index is 13.0. The van der Waals surface area contributed by atoms with Crippen LogP contribution in [0.4, 0.5) is 0 Å². The Morgan fingerprint density at radius 2 is 1.89 bits per heavy atom. The van der Waals surface area contributed by atoms with Crippen molar-refractivity contribution in [2.24, 2.45) is 0 Å². The van der Waals surface area contributed by atoms with Crippen LogP contribution in [-0.2, 0) is 16.8 Å². The van der Waals surface area contributed by atoms with E-state index in [-0.39, 0.29) is 17.4 Å². The van der Waals surface area contributed by atoms with E-state index >= 15 is 0 Å². The second kappa shape index (κ2) is 7.08. The van der Waals surface area contributed by atoms with Crippen molar-refractivity contribution in [1.29, 1.82) is 0 Å². The largest absolute Gasteiger partial charge is 0.348 e. The number of nitrogens with one attached hydrogen (secondary N) is 1. The van der Waals surface area contributed by atoms with Crippen LogP contribution in [0.15, 0.2) is 24.5 Å². The summed E-state index contributed by atoms with van der Waals surface area (Å²) in [6.07, 6.45) is 4.50. The molecular formula is C22H28N4O2. The quantitative estimate of drug-likeness (QED) is 0.871. The van der Waals surface area contributed by atoms with Crippen molar-refractivity contribution >= 4 is 11.8 Å². The maximum absolute atomic E-state index is 13.0. The van der Waals surface area contributed by atoms with Gasteiger partial charge in [0.05, 0.1) is 17.6 Å². The number of hydrogen-bond donors (Lipinski definition) is 1. The number of aryl methyl sites for hydroxylation is 2. The molecule has 0 aliphatic carbocycles. The zero-order valence-electron chi connectivity index (χ0n) is 16.9. The summed E-state index contributed by atoms with van der Waals surface area (Å²) in [5.74, 6) is 0.243. The second-order valence-electron chi connectivity index (χ2n) is 8.00. The molecule has 1 aromatic heterocycles. The Labute approximate surface area is 165 Å². The molecule has 1 aromatic carbocycles. The van der Waals surface area contributed by atoms with Gasteiger partial charge in [-0.05, 0) is 49.9 Å². The molecule has 2 aromatic rings. The third-order valence-electron chi connectivity index (χ3n) is 6.50. The fraction of sp³-hybridized carbons (Fsp3) is 0.500. The van der Waals surface area contributed by atoms with E-state index in [9.17, 15) is 9.59 Å². The molecule has 2 aliphatic rings. The molecule has 6 heteroatoms. The van der Waals surface area contributed by atoms with E-state index in [0.717, 1.165) is 41.8 Å². The lowest BCUT2D eigenvalue weighted by Gasteiger charge is -2.50. The Kier molecular flexibility index (Phi) is 4.73. The Morgan fingerprint density at radius 1 is 1.14 bits per heavy atom. The zero-order valence-corrected chi connectivity index (χ0v) is 16.9. The fourth-order valence-electron chi connectivity index (χ4n) is 4.68. The Morgan fingerprint density at radius 3 is 2.57 bits per heavy atom. The molecule has 0 radical (unpaired) electrons. The van der Waals surface area contributed by atoms with Crippen molar-refractivity contribution in [3.05, 3.63) is 52.6 Å². The number of hydrogen-bond acceptors (Lipinski definition) is 3. The van der Waals surface area contributed by atoms with Crippen molar-refractivity contribution in [3.8, 4) is 0 Å². The summed E-state index contributed by atoms with van der Waals surface area (Å²) in [7, 11) is 0. The topological polar surface area (TPSA) is 69.3 Å². The minimum Gasteiger partial charge on any atom is -0.348 e. The number of carbonyl (C=O) groups excluding carboxylic acids is 2. The molecule has 2 aliphatic heterocycles. The molecule has 0 unspecified atom stereocenters. The number of aromatic amines is 1. The summed E-state index contributed by atoms with van der Waals surface area (Å²) in [5, 5.41) is 0. The van der Waals surface area contributed by atoms with Gasteiger partial charge in [0.1, 0.15) is 0 Å². The highest BCUT2D eigenvalue weighted by atomic mass is 16.2. The van der Waals surface area contributed by atoms with Gasteiger partial charge in [-0.25, -0.2) is 4.98 Å². The monoisotopic (exact) mass is 380 g/mol. The van der Waals surface area contributed by atoms with Gasteiger partial charge in [0.15, 0.2) is 0 Å². The Bertz CT molecular complexity index is 909. The highest BCUT2D eigenvalue weighted by Crippen LogP contribution is 2.42. The van der Waals surface area contributed by atoms with Gasteiger partial charge in [0, 0.05) is 43.7 Å². The maximum Gasteiger partial charge on any atom is 0.253 e. The summed E-state index contributed by atoms with van der Waals surface area (Å²) in [5.41, 5.74) is 4.81. The first-order valence-corrected chi connectivity index (χ1v) is 10.2. The van der Waals surface area contributed by atoms with E-state index < -0.39 is 0 Å². The molecule has 1 spiro atoms. The van der Waals surface area contributed by atoms with Gasteiger partial charge in [-0.2, -0.15) is 0 Å². The van der Waals surface area contributed by atoms with Gasteiger partial charge in [0.2, 0.25) is 5.91 Å². The minimum absolute atomic E-state index is 0.0735. The third kappa shape index (κ3) is 2.91. The Hall–Kier alpha value is -2.63. The lowest BCUT2D eigenvalue weighted by molar-refractivity contribution is -0.141. The van der Waals surface area contributed by atoms with Crippen LogP contribution in [0.3, 0.4) is 0 Å². The van der Waals surface area contributed by atoms with E-state index in [1.54, 1.807) is 6.33 Å². The molecule has 0 atom stereocenters. The lowest BCUT2D eigenvalue weighted by atomic mass is 9.78. The number of H-pyrrole nitrogens is 1. The van der Waals surface area contributed by atoms with Crippen LogP contribution in [0.5, 0.6) is 0 Å². The smallest absolute Gasteiger partial charge is 0.253 e. The number of nitrogens with zero attached hydrogens (tertiary/aromatic N) is 3. The van der Waals surface area contributed by atoms with Gasteiger partial charge >= 0.3 is 0 Å². The number of benzene rings is 1. The Balaban J connectivity index is 1.58. The fourth-order valence-corrected chi connectivity index (χ4v) is 4.68. The number of carbonyl (C=O) groups is 2. The molecule has 0 saturated carbocycles. The molecule has 0 bridgehead atoms. The average molecular weight is 380 g/mol. The molecule has 2 amide bonds. The van der Waals surface area contributed by atoms with E-state index in [1.165, 1.54) is 5.56 Å². The minimum atomic E-state index is -0.388. The first-order valence-electron chi connectivity index (χ1n) is 10.2. The number of piperidine rings is 1. The number of likely N-dealkylation sites (tertiary alicyclic amines) is 1. The highest BCUT2D eigenvalue weighted by molar-refractivity contribution is 5.94. The summed E-state index contributed by atoms with van der Waals surface area (Å²) in [6, 6.07) is 5.89. The first-order chi connectivity index (χ1) is 13.5. The van der Waals surface area contributed by atoms with Crippen LogP contribution < -0.4 is 0 Å². The third-order valence-corrected chi connectivity index (χ3v) is 6.50. The number of aromatic nitrogens is 2. The summed E-state index contributed by atoms with van der Waals surface area (Å²) in [6.45, 7) is 7.98. The molecule has 1 fully saturated rings. The number of rotatable bonds is 2. The molecule has 3 heterocycles. The van der Waals surface area contributed by atoms with Gasteiger partial charge in [-0.1, -0.05) is 13.0 Å². The van der Waals surface area contributed by atoms with E-state index in [0.29, 0.717) is 26.1 Å². The predicted octanol–water partition coefficient (Wildman–Crippen LogP) is 2.95.